The molecule has 1 heterocycles. The minimum atomic E-state index is -3.03. The summed E-state index contributed by atoms with van der Waals surface area (Å²) in [5.41, 5.74) is 0. The molecule has 3 unspecified atom stereocenters. The first-order chi connectivity index (χ1) is 16.6. The Balaban J connectivity index is 1.66. The SMILES string of the molecule is CCCCC(CSC1CC(=O)N(CCCNC(=O)COC2CCC#CC(F)(F)CC2)C1=O)C(=O)O. The summed E-state index contributed by atoms with van der Waals surface area (Å²) in [5, 5.41) is 11.4. The van der Waals surface area contributed by atoms with Crippen molar-refractivity contribution in [2.45, 2.75) is 82.0 Å². The largest absolute Gasteiger partial charge is 0.481 e. The summed E-state index contributed by atoms with van der Waals surface area (Å²) in [5.74, 6) is -0.817. The Morgan fingerprint density at radius 1 is 1.31 bits per heavy atom. The van der Waals surface area contributed by atoms with Crippen molar-refractivity contribution in [1.82, 2.24) is 10.2 Å². The molecule has 1 saturated heterocycles. The van der Waals surface area contributed by atoms with Gasteiger partial charge < -0.3 is 15.2 Å². The van der Waals surface area contributed by atoms with Gasteiger partial charge in [-0.15, -0.1) is 11.8 Å². The molecule has 35 heavy (non-hydrogen) atoms. The maximum absolute atomic E-state index is 13.4. The van der Waals surface area contributed by atoms with Crippen LogP contribution >= 0.6 is 11.8 Å². The van der Waals surface area contributed by atoms with Gasteiger partial charge in [0.05, 0.1) is 17.3 Å². The number of hydrogen-bond acceptors (Lipinski definition) is 6. The van der Waals surface area contributed by atoms with Gasteiger partial charge in [0.25, 0.3) is 0 Å². The lowest BCUT2D eigenvalue weighted by atomic mass is 10.0. The molecule has 2 N–H and O–H groups in total. The Morgan fingerprint density at radius 2 is 2.09 bits per heavy atom. The predicted molar refractivity (Wildman–Crippen MR) is 127 cm³/mol. The summed E-state index contributed by atoms with van der Waals surface area (Å²) < 4.78 is 32.3. The van der Waals surface area contributed by atoms with Gasteiger partial charge in [0.1, 0.15) is 6.61 Å². The first-order valence-electron chi connectivity index (χ1n) is 12.1. The lowest BCUT2D eigenvalue weighted by molar-refractivity contribution is -0.141. The zero-order chi connectivity index (χ0) is 25.8. The maximum Gasteiger partial charge on any atom is 0.308 e. The molecule has 8 nitrogen and oxygen atoms in total. The van der Waals surface area contributed by atoms with Crippen molar-refractivity contribution in [3.8, 4) is 11.8 Å². The summed E-state index contributed by atoms with van der Waals surface area (Å²) in [6.45, 7) is 2.11. The van der Waals surface area contributed by atoms with Gasteiger partial charge in [0.2, 0.25) is 17.7 Å². The number of halogens is 2. The summed E-state index contributed by atoms with van der Waals surface area (Å²) >= 11 is 1.22. The van der Waals surface area contributed by atoms with E-state index in [9.17, 15) is 33.1 Å². The molecule has 1 fully saturated rings. The summed E-state index contributed by atoms with van der Waals surface area (Å²) in [6, 6.07) is 0. The smallest absolute Gasteiger partial charge is 0.308 e. The highest BCUT2D eigenvalue weighted by Gasteiger charge is 2.39. The van der Waals surface area contributed by atoms with E-state index in [1.54, 1.807) is 0 Å². The highest BCUT2D eigenvalue weighted by Crippen LogP contribution is 2.28. The molecular formula is C24H34F2N2O6S. The third-order valence-corrected chi connectivity index (χ3v) is 7.30. The fraction of sp³-hybridized carbons (Fsp3) is 0.750. The topological polar surface area (TPSA) is 113 Å². The minimum absolute atomic E-state index is 0.0502. The van der Waals surface area contributed by atoms with Crippen molar-refractivity contribution < 1.29 is 37.8 Å². The van der Waals surface area contributed by atoms with Gasteiger partial charge in [0.15, 0.2) is 0 Å². The van der Waals surface area contributed by atoms with Crippen LogP contribution in [0.15, 0.2) is 0 Å². The van der Waals surface area contributed by atoms with E-state index in [2.05, 4.69) is 11.2 Å². The van der Waals surface area contributed by atoms with E-state index in [1.807, 2.05) is 12.8 Å². The van der Waals surface area contributed by atoms with Crippen molar-refractivity contribution in [3.63, 3.8) is 0 Å². The highest BCUT2D eigenvalue weighted by atomic mass is 32.2. The van der Waals surface area contributed by atoms with E-state index < -0.39 is 41.5 Å². The van der Waals surface area contributed by atoms with Crippen LogP contribution in [0, 0.1) is 17.8 Å². The van der Waals surface area contributed by atoms with Crippen LogP contribution in [0.5, 0.6) is 0 Å². The van der Waals surface area contributed by atoms with E-state index in [0.29, 0.717) is 19.3 Å². The number of unbranched alkanes of at least 4 members (excludes halogenated alkanes) is 1. The van der Waals surface area contributed by atoms with Crippen LogP contribution in [0.25, 0.3) is 0 Å². The van der Waals surface area contributed by atoms with Crippen LogP contribution in [0.2, 0.25) is 0 Å². The van der Waals surface area contributed by atoms with Gasteiger partial charge in [-0.05, 0) is 31.6 Å². The number of rotatable bonds is 14. The lowest BCUT2D eigenvalue weighted by Crippen LogP contribution is -2.36. The average molecular weight is 517 g/mol. The third kappa shape index (κ3) is 10.1. The third-order valence-electron chi connectivity index (χ3n) is 5.93. The molecule has 1 aliphatic carbocycles. The molecule has 0 aromatic rings. The molecule has 0 radical (unpaired) electrons. The number of likely N-dealkylation sites (tertiary alicyclic amines) is 1. The molecule has 0 bridgehead atoms. The number of thioether (sulfide) groups is 1. The Labute approximate surface area is 208 Å². The Kier molecular flexibility index (Phi) is 11.9. The zero-order valence-corrected chi connectivity index (χ0v) is 20.8. The Hall–Kier alpha value is -2.19. The molecular weight excluding hydrogens is 482 g/mol. The van der Waals surface area contributed by atoms with Gasteiger partial charge in [-0.2, -0.15) is 8.78 Å². The fourth-order valence-electron chi connectivity index (χ4n) is 3.83. The van der Waals surface area contributed by atoms with E-state index in [-0.39, 0.29) is 56.5 Å². The first-order valence-corrected chi connectivity index (χ1v) is 13.1. The van der Waals surface area contributed by atoms with E-state index >= 15 is 0 Å². The number of carbonyl (C=O) groups is 4. The van der Waals surface area contributed by atoms with Gasteiger partial charge >= 0.3 is 11.9 Å². The van der Waals surface area contributed by atoms with Crippen LogP contribution in [-0.2, 0) is 23.9 Å². The summed E-state index contributed by atoms with van der Waals surface area (Å²) in [7, 11) is 0. The monoisotopic (exact) mass is 516 g/mol. The van der Waals surface area contributed by atoms with Crippen LogP contribution in [-0.4, -0.2) is 76.4 Å². The lowest BCUT2D eigenvalue weighted by Gasteiger charge is -2.20. The molecule has 2 rings (SSSR count). The van der Waals surface area contributed by atoms with Crippen LogP contribution < -0.4 is 5.32 Å². The number of carboxylic acid groups (broad SMARTS) is 1. The van der Waals surface area contributed by atoms with Crippen molar-refractivity contribution in [2.75, 3.05) is 25.4 Å². The minimum Gasteiger partial charge on any atom is -0.481 e. The average Bonchev–Trinajstić information content (AvgIpc) is 3.06. The fourth-order valence-corrected chi connectivity index (χ4v) is 5.13. The number of hydrogen-bond donors (Lipinski definition) is 2. The second-order valence-corrected chi connectivity index (χ2v) is 10.0. The number of imide groups is 1. The van der Waals surface area contributed by atoms with Crippen molar-refractivity contribution in [1.29, 1.82) is 0 Å². The van der Waals surface area contributed by atoms with Crippen molar-refractivity contribution in [2.24, 2.45) is 5.92 Å². The van der Waals surface area contributed by atoms with E-state index in [0.717, 1.165) is 17.7 Å². The second kappa shape index (κ2) is 14.4. The maximum atomic E-state index is 13.4. The Morgan fingerprint density at radius 3 is 2.80 bits per heavy atom. The van der Waals surface area contributed by atoms with Crippen LogP contribution in [0.4, 0.5) is 8.78 Å². The van der Waals surface area contributed by atoms with Crippen molar-refractivity contribution in [3.05, 3.63) is 0 Å². The number of carbonyl (C=O) groups excluding carboxylic acids is 3. The number of aliphatic carboxylic acids is 1. The van der Waals surface area contributed by atoms with E-state index in [1.165, 1.54) is 11.8 Å². The van der Waals surface area contributed by atoms with Crippen LogP contribution in [0.3, 0.4) is 0 Å². The molecule has 11 heteroatoms. The highest BCUT2D eigenvalue weighted by molar-refractivity contribution is 8.00. The number of nitrogens with zero attached hydrogens (tertiary/aromatic N) is 1. The summed E-state index contributed by atoms with van der Waals surface area (Å²) in [6.07, 6.45) is 2.67. The molecule has 0 spiro atoms. The molecule has 196 valence electrons. The van der Waals surface area contributed by atoms with Gasteiger partial charge in [-0.3, -0.25) is 24.1 Å². The standard InChI is InChI=1S/C24H34F2N2O6S/c1-2-3-7-17(23(32)33)16-35-19-14-21(30)28(22(19)31)13-6-12-27-20(29)15-34-18-8-4-5-10-24(25,26)11-9-18/h17-19H,2-4,6-9,11-16H2,1H3,(H,27,29)(H,32,33). The predicted octanol–water partition coefficient (Wildman–Crippen LogP) is 2.84. The molecule has 0 aromatic carbocycles. The molecule has 3 atom stereocenters. The molecule has 0 aromatic heterocycles. The number of amides is 3. The van der Waals surface area contributed by atoms with Gasteiger partial charge in [-0.1, -0.05) is 25.7 Å². The molecule has 1 aliphatic heterocycles. The molecule has 3 amide bonds. The number of alkyl halides is 2. The van der Waals surface area contributed by atoms with Crippen LogP contribution in [0.1, 0.15) is 64.7 Å². The normalized spacial score (nSPS) is 22.7. The number of ether oxygens (including phenoxy) is 1. The number of carboxylic acids is 1. The van der Waals surface area contributed by atoms with Crippen molar-refractivity contribution >= 4 is 35.5 Å². The first kappa shape index (κ1) is 29.0. The number of nitrogens with one attached hydrogen (secondary N) is 1. The quantitative estimate of drug-likeness (QED) is 0.207. The second-order valence-electron chi connectivity index (χ2n) is 8.81. The zero-order valence-electron chi connectivity index (χ0n) is 20.0. The molecule has 2 aliphatic rings. The van der Waals surface area contributed by atoms with E-state index in [4.69, 9.17) is 4.74 Å². The van der Waals surface area contributed by atoms with Gasteiger partial charge in [-0.25, -0.2) is 0 Å². The summed E-state index contributed by atoms with van der Waals surface area (Å²) in [4.78, 5) is 49.4. The molecule has 0 saturated carbocycles. The Bertz CT molecular complexity index is 829. The van der Waals surface area contributed by atoms with Gasteiger partial charge in [0, 0.05) is 38.1 Å².